The number of para-hydroxylation sites is 1. The molecule has 0 atom stereocenters. The lowest BCUT2D eigenvalue weighted by atomic mass is 9.97. The number of hydrogen-bond donors (Lipinski definition) is 0. The first kappa shape index (κ1) is 33.4. The lowest BCUT2D eigenvalue weighted by Gasteiger charge is -2.34. The van der Waals surface area contributed by atoms with Gasteiger partial charge in [-0.25, -0.2) is 15.0 Å². The second kappa shape index (κ2) is 14.2. The standard InChI is InChI=1S/C51H35N3OSi/c1-6-19-36(20-7-1)45-34-39(35-47-48(45)44-31-16-17-32-46(44)55-47)51-53-49(37-21-8-2-9-22-37)52-50(54-51)38-23-18-30-43(33-38)56(40-24-10-3-11-25-40,41-26-12-4-13-27-41)42-28-14-5-15-29-42/h1-35H. The fourth-order valence-electron chi connectivity index (χ4n) is 8.14. The molecule has 0 spiro atoms. The van der Waals surface area contributed by atoms with E-state index in [0.29, 0.717) is 17.5 Å². The number of benzene rings is 8. The molecule has 0 radical (unpaired) electrons. The van der Waals surface area contributed by atoms with Crippen LogP contribution in [0.4, 0.5) is 0 Å². The molecule has 0 N–H and O–H groups in total. The lowest BCUT2D eigenvalue weighted by Crippen LogP contribution is -2.74. The first-order valence-electron chi connectivity index (χ1n) is 18.9. The predicted octanol–water partition coefficient (Wildman–Crippen LogP) is 9.82. The highest BCUT2D eigenvalue weighted by Crippen LogP contribution is 2.40. The molecule has 4 nitrogen and oxygen atoms in total. The first-order valence-corrected chi connectivity index (χ1v) is 20.9. The highest BCUT2D eigenvalue weighted by molar-refractivity contribution is 7.19. The van der Waals surface area contributed by atoms with Gasteiger partial charge in [-0.3, -0.25) is 0 Å². The summed E-state index contributed by atoms with van der Waals surface area (Å²) in [4.78, 5) is 15.6. The molecule has 0 fully saturated rings. The quantitative estimate of drug-likeness (QED) is 0.115. The Morgan fingerprint density at radius 1 is 0.321 bits per heavy atom. The molecule has 56 heavy (non-hydrogen) atoms. The summed E-state index contributed by atoms with van der Waals surface area (Å²) >= 11 is 0. The Morgan fingerprint density at radius 3 is 1.36 bits per heavy atom. The maximum absolute atomic E-state index is 6.52. The topological polar surface area (TPSA) is 51.8 Å². The Balaban J connectivity index is 1.22. The molecule has 0 aliphatic rings. The number of nitrogens with zero attached hydrogens (tertiary/aromatic N) is 3. The minimum Gasteiger partial charge on any atom is -0.456 e. The van der Waals surface area contributed by atoms with E-state index in [9.17, 15) is 0 Å². The van der Waals surface area contributed by atoms with Gasteiger partial charge >= 0.3 is 0 Å². The van der Waals surface area contributed by atoms with Gasteiger partial charge in [-0.1, -0.05) is 194 Å². The van der Waals surface area contributed by atoms with E-state index < -0.39 is 8.07 Å². The zero-order chi connectivity index (χ0) is 37.3. The van der Waals surface area contributed by atoms with E-state index in [-0.39, 0.29) is 0 Å². The van der Waals surface area contributed by atoms with Crippen LogP contribution < -0.4 is 20.7 Å². The van der Waals surface area contributed by atoms with E-state index in [0.717, 1.165) is 49.8 Å². The second-order valence-electron chi connectivity index (χ2n) is 14.0. The molecule has 0 unspecified atom stereocenters. The molecule has 0 saturated heterocycles. The van der Waals surface area contributed by atoms with Gasteiger partial charge in [-0.05, 0) is 50.1 Å². The van der Waals surface area contributed by atoms with Crippen molar-refractivity contribution in [3.05, 3.63) is 212 Å². The number of rotatable bonds is 8. The molecule has 264 valence electrons. The average Bonchev–Trinajstić information content (AvgIpc) is 3.67. The third-order valence-electron chi connectivity index (χ3n) is 10.7. The largest absolute Gasteiger partial charge is 0.456 e. The Bertz CT molecular complexity index is 2860. The summed E-state index contributed by atoms with van der Waals surface area (Å²) in [5.41, 5.74) is 6.50. The van der Waals surface area contributed by atoms with Crippen LogP contribution in [0, 0.1) is 0 Å². The predicted molar refractivity (Wildman–Crippen MR) is 232 cm³/mol. The summed E-state index contributed by atoms with van der Waals surface area (Å²) in [5, 5.41) is 7.32. The summed E-state index contributed by atoms with van der Waals surface area (Å²) in [5.74, 6) is 1.80. The summed E-state index contributed by atoms with van der Waals surface area (Å²) in [6.45, 7) is 0. The molecule has 10 aromatic rings. The van der Waals surface area contributed by atoms with Crippen LogP contribution in [0.15, 0.2) is 217 Å². The van der Waals surface area contributed by atoms with Crippen LogP contribution in [0.3, 0.4) is 0 Å². The molecule has 0 saturated carbocycles. The Kier molecular flexibility index (Phi) is 8.47. The fraction of sp³-hybridized carbons (Fsp3) is 0. The Hall–Kier alpha value is -7.21. The molecule has 2 aromatic heterocycles. The van der Waals surface area contributed by atoms with E-state index in [1.165, 1.54) is 20.7 Å². The molecule has 2 heterocycles. The van der Waals surface area contributed by atoms with Gasteiger partial charge in [0, 0.05) is 27.5 Å². The van der Waals surface area contributed by atoms with Crippen molar-refractivity contribution in [3.63, 3.8) is 0 Å². The van der Waals surface area contributed by atoms with E-state index in [1.54, 1.807) is 0 Å². The lowest BCUT2D eigenvalue weighted by molar-refractivity contribution is 0.669. The molecular formula is C51H35N3OSi. The molecule has 0 aliphatic heterocycles. The van der Waals surface area contributed by atoms with Gasteiger partial charge in [-0.15, -0.1) is 0 Å². The first-order chi connectivity index (χ1) is 27.8. The van der Waals surface area contributed by atoms with Gasteiger partial charge in [0.2, 0.25) is 0 Å². The zero-order valence-corrected chi connectivity index (χ0v) is 31.5. The van der Waals surface area contributed by atoms with E-state index in [1.807, 2.05) is 36.4 Å². The van der Waals surface area contributed by atoms with E-state index in [2.05, 4.69) is 176 Å². The van der Waals surface area contributed by atoms with Crippen LogP contribution >= 0.6 is 0 Å². The maximum Gasteiger partial charge on any atom is 0.179 e. The normalized spacial score (nSPS) is 11.6. The van der Waals surface area contributed by atoms with Gasteiger partial charge in [0.1, 0.15) is 11.2 Å². The summed E-state index contributed by atoms with van der Waals surface area (Å²) in [6, 6.07) is 74.9. The Morgan fingerprint density at radius 2 is 0.768 bits per heavy atom. The number of hydrogen-bond acceptors (Lipinski definition) is 4. The summed E-state index contributed by atoms with van der Waals surface area (Å²) < 4.78 is 6.52. The SMILES string of the molecule is c1ccc(-c2nc(-c3cccc([Si](c4ccccc4)(c4ccccc4)c4ccccc4)c3)nc(-c3cc(-c4ccccc4)c4c(c3)oc3ccccc34)n2)cc1. The van der Waals surface area contributed by atoms with E-state index in [4.69, 9.17) is 19.4 Å². The van der Waals surface area contributed by atoms with Crippen molar-refractivity contribution in [2.24, 2.45) is 0 Å². The van der Waals surface area contributed by atoms with Gasteiger partial charge in [-0.2, -0.15) is 0 Å². The fourth-order valence-corrected chi connectivity index (χ4v) is 12.9. The molecule has 5 heteroatoms. The summed E-state index contributed by atoms with van der Waals surface area (Å²) in [7, 11) is -2.79. The third-order valence-corrected chi connectivity index (χ3v) is 15.4. The molecule has 10 rings (SSSR count). The highest BCUT2D eigenvalue weighted by Gasteiger charge is 2.41. The van der Waals surface area contributed by atoms with Crippen LogP contribution in [-0.2, 0) is 0 Å². The number of fused-ring (bicyclic) bond motifs is 3. The minimum atomic E-state index is -2.79. The highest BCUT2D eigenvalue weighted by atomic mass is 28.3. The van der Waals surface area contributed by atoms with Crippen LogP contribution in [-0.4, -0.2) is 23.0 Å². The molecular weight excluding hydrogens is 699 g/mol. The number of furan rings is 1. The minimum absolute atomic E-state index is 0.580. The van der Waals surface area contributed by atoms with Crippen LogP contribution in [0.2, 0.25) is 0 Å². The van der Waals surface area contributed by atoms with Crippen molar-refractivity contribution >= 4 is 50.8 Å². The van der Waals surface area contributed by atoms with Crippen LogP contribution in [0.25, 0.3) is 67.2 Å². The van der Waals surface area contributed by atoms with Crippen molar-refractivity contribution in [1.82, 2.24) is 15.0 Å². The van der Waals surface area contributed by atoms with Crippen LogP contribution in [0.1, 0.15) is 0 Å². The van der Waals surface area contributed by atoms with Gasteiger partial charge in [0.15, 0.2) is 25.5 Å². The zero-order valence-electron chi connectivity index (χ0n) is 30.5. The Labute approximate surface area is 326 Å². The van der Waals surface area contributed by atoms with Gasteiger partial charge < -0.3 is 4.42 Å². The monoisotopic (exact) mass is 733 g/mol. The average molecular weight is 734 g/mol. The van der Waals surface area contributed by atoms with Crippen LogP contribution in [0.5, 0.6) is 0 Å². The van der Waals surface area contributed by atoms with Gasteiger partial charge in [0.05, 0.1) is 0 Å². The third kappa shape index (κ3) is 5.82. The van der Waals surface area contributed by atoms with Crippen molar-refractivity contribution in [2.45, 2.75) is 0 Å². The van der Waals surface area contributed by atoms with Crippen molar-refractivity contribution in [3.8, 4) is 45.3 Å². The van der Waals surface area contributed by atoms with Crippen molar-refractivity contribution in [1.29, 1.82) is 0 Å². The smallest absolute Gasteiger partial charge is 0.179 e. The molecule has 0 aliphatic carbocycles. The van der Waals surface area contributed by atoms with E-state index >= 15 is 0 Å². The molecule has 0 bridgehead atoms. The molecule has 0 amide bonds. The van der Waals surface area contributed by atoms with Crippen molar-refractivity contribution in [2.75, 3.05) is 0 Å². The second-order valence-corrected chi connectivity index (χ2v) is 17.8. The van der Waals surface area contributed by atoms with Crippen molar-refractivity contribution < 1.29 is 4.42 Å². The van der Waals surface area contributed by atoms with Gasteiger partial charge in [0.25, 0.3) is 0 Å². The number of aromatic nitrogens is 3. The molecule has 8 aromatic carbocycles. The maximum atomic E-state index is 6.52. The summed E-state index contributed by atoms with van der Waals surface area (Å²) in [6.07, 6.45) is 0.